The topological polar surface area (TPSA) is 94.6 Å². The highest BCUT2D eigenvalue weighted by atomic mass is 16.6. The fourth-order valence-corrected chi connectivity index (χ4v) is 1.66. The van der Waals surface area contributed by atoms with Gasteiger partial charge in [-0.1, -0.05) is 0 Å². The summed E-state index contributed by atoms with van der Waals surface area (Å²) in [4.78, 5) is 45.7. The molecule has 0 bridgehead atoms. The number of carbonyl (C=O) groups is 4. The van der Waals surface area contributed by atoms with Crippen molar-refractivity contribution in [3.8, 4) is 0 Å². The fraction of sp³-hybridized carbons (Fsp3) is 0.600. The first-order valence-electron chi connectivity index (χ1n) is 4.99. The summed E-state index contributed by atoms with van der Waals surface area (Å²) >= 11 is 0. The van der Waals surface area contributed by atoms with E-state index in [4.69, 9.17) is 0 Å². The predicted molar refractivity (Wildman–Crippen MR) is 57.7 cm³/mol. The first-order valence-corrected chi connectivity index (χ1v) is 4.99. The zero-order valence-electron chi connectivity index (χ0n) is 10.5. The predicted octanol–water partition coefficient (Wildman–Crippen LogP) is 0.135. The molecule has 17 heavy (non-hydrogen) atoms. The van der Waals surface area contributed by atoms with Crippen molar-refractivity contribution in [2.24, 2.45) is 0 Å². The second-order valence-corrected chi connectivity index (χ2v) is 3.74. The Morgan fingerprint density at radius 2 is 1.24 bits per heavy atom. The van der Waals surface area contributed by atoms with Crippen LogP contribution >= 0.6 is 0 Å². The maximum atomic E-state index is 12.1. The van der Waals surface area contributed by atoms with Crippen molar-refractivity contribution in [1.29, 1.82) is 0 Å². The van der Waals surface area contributed by atoms with Gasteiger partial charge in [-0.3, -0.25) is 9.59 Å². The third kappa shape index (κ3) is 2.75. The van der Waals surface area contributed by atoms with Crippen LogP contribution in [0.5, 0.6) is 0 Å². The van der Waals surface area contributed by atoms with Crippen LogP contribution < -0.4 is 0 Å². The summed E-state index contributed by atoms with van der Waals surface area (Å²) in [5, 5.41) is 12.1. The quantitative estimate of drug-likeness (QED) is 0.391. The summed E-state index contributed by atoms with van der Waals surface area (Å²) < 4.78 is -1.86. The first-order chi connectivity index (χ1) is 7.56. The second-order valence-electron chi connectivity index (χ2n) is 3.74. The minimum absolute atomic E-state index is 0.607. The van der Waals surface area contributed by atoms with Crippen LogP contribution in [0, 0.1) is 5.21 Å². The maximum absolute atomic E-state index is 12.1. The molecule has 0 saturated heterocycles. The number of hydrogen-bond acceptors (Lipinski definition) is 5. The lowest BCUT2D eigenvalue weighted by molar-refractivity contribution is -0.762. The zero-order valence-corrected chi connectivity index (χ0v) is 10.5. The summed E-state index contributed by atoms with van der Waals surface area (Å²) in [5.74, 6) is -3.33. The van der Waals surface area contributed by atoms with E-state index >= 15 is 0 Å². The van der Waals surface area contributed by atoms with Gasteiger partial charge in [-0.05, 0) is 0 Å². The van der Waals surface area contributed by atoms with Gasteiger partial charge in [0.1, 0.15) is 0 Å². The highest BCUT2D eigenvalue weighted by Gasteiger charge is 2.42. The molecule has 0 aromatic heterocycles. The van der Waals surface area contributed by atoms with Crippen LogP contribution in [0.3, 0.4) is 0 Å². The SMILES string of the molecule is CC(=O)N(C(C)=O)C(C)[N+]([O-])(C(C)=O)C(C)=O. The van der Waals surface area contributed by atoms with Crippen LogP contribution in [-0.4, -0.2) is 39.3 Å². The van der Waals surface area contributed by atoms with E-state index in [0.717, 1.165) is 27.7 Å². The van der Waals surface area contributed by atoms with E-state index in [1.807, 2.05) is 0 Å². The van der Waals surface area contributed by atoms with Crippen LogP contribution in [-0.2, 0) is 19.2 Å². The van der Waals surface area contributed by atoms with Gasteiger partial charge in [-0.2, -0.15) is 0 Å². The lowest BCUT2D eigenvalue weighted by Gasteiger charge is -2.43. The van der Waals surface area contributed by atoms with Gasteiger partial charge >= 0.3 is 11.8 Å². The Morgan fingerprint density at radius 1 is 0.941 bits per heavy atom. The van der Waals surface area contributed by atoms with Crippen molar-refractivity contribution >= 4 is 23.6 Å². The zero-order chi connectivity index (χ0) is 14.0. The molecule has 1 unspecified atom stereocenters. The molecule has 0 aliphatic heterocycles. The average Bonchev–Trinajstić information content (AvgIpc) is 2.14. The summed E-state index contributed by atoms with van der Waals surface area (Å²) in [6.45, 7) is 5.26. The summed E-state index contributed by atoms with van der Waals surface area (Å²) in [7, 11) is 0. The van der Waals surface area contributed by atoms with Crippen molar-refractivity contribution in [1.82, 2.24) is 4.90 Å². The molecular formula is C10H16N2O5. The van der Waals surface area contributed by atoms with E-state index in [0.29, 0.717) is 4.90 Å². The first kappa shape index (κ1) is 15.4. The number of nitrogens with zero attached hydrogens (tertiary/aromatic N) is 2. The molecule has 0 aliphatic carbocycles. The van der Waals surface area contributed by atoms with E-state index in [-0.39, 0.29) is 0 Å². The number of quaternary nitrogens is 1. The molecule has 0 aromatic rings. The highest BCUT2D eigenvalue weighted by molar-refractivity contribution is 5.94. The molecule has 0 radical (unpaired) electrons. The Morgan fingerprint density at radius 3 is 1.41 bits per heavy atom. The lowest BCUT2D eigenvalue weighted by Crippen LogP contribution is -2.63. The standard InChI is InChI=1S/C10H16N2O5/c1-6(11(7(2)13)8(3)14)12(17,9(4)15)10(5)16/h6H,1-5H3. The van der Waals surface area contributed by atoms with E-state index in [9.17, 15) is 24.4 Å². The van der Waals surface area contributed by atoms with Gasteiger partial charge in [0.15, 0.2) is 6.17 Å². The van der Waals surface area contributed by atoms with Crippen molar-refractivity contribution in [2.45, 2.75) is 40.8 Å². The minimum Gasteiger partial charge on any atom is -0.616 e. The smallest absolute Gasteiger partial charge is 0.319 e. The van der Waals surface area contributed by atoms with Gasteiger partial charge in [0.25, 0.3) is 0 Å². The Bertz CT molecular complexity index is 349. The van der Waals surface area contributed by atoms with Gasteiger partial charge in [0.2, 0.25) is 11.8 Å². The molecule has 4 amide bonds. The van der Waals surface area contributed by atoms with Crippen molar-refractivity contribution in [2.75, 3.05) is 0 Å². The third-order valence-corrected chi connectivity index (χ3v) is 2.51. The monoisotopic (exact) mass is 244 g/mol. The maximum Gasteiger partial charge on any atom is 0.319 e. The summed E-state index contributed by atoms with van der Waals surface area (Å²) in [6.07, 6.45) is -1.40. The molecule has 7 heteroatoms. The lowest BCUT2D eigenvalue weighted by atomic mass is 10.3. The number of amides is 4. The molecule has 0 N–H and O–H groups in total. The van der Waals surface area contributed by atoms with E-state index < -0.39 is 34.4 Å². The molecule has 96 valence electrons. The normalized spacial score (nSPS) is 12.8. The average molecular weight is 244 g/mol. The number of imide groups is 2. The van der Waals surface area contributed by atoms with Crippen LogP contribution in [0.25, 0.3) is 0 Å². The van der Waals surface area contributed by atoms with Gasteiger partial charge in [0, 0.05) is 20.8 Å². The van der Waals surface area contributed by atoms with Crippen molar-refractivity contribution < 1.29 is 23.8 Å². The molecular weight excluding hydrogens is 228 g/mol. The van der Waals surface area contributed by atoms with E-state index in [1.54, 1.807) is 0 Å². The van der Waals surface area contributed by atoms with Crippen LogP contribution in [0.15, 0.2) is 0 Å². The molecule has 1 atom stereocenters. The van der Waals surface area contributed by atoms with Crippen LogP contribution in [0.2, 0.25) is 0 Å². The summed E-state index contributed by atoms with van der Waals surface area (Å²) in [6, 6.07) is 0. The number of rotatable bonds is 2. The highest BCUT2D eigenvalue weighted by Crippen LogP contribution is 2.18. The third-order valence-electron chi connectivity index (χ3n) is 2.51. The minimum atomic E-state index is -1.86. The summed E-state index contributed by atoms with van der Waals surface area (Å²) in [5.41, 5.74) is 0. The van der Waals surface area contributed by atoms with Gasteiger partial charge in [-0.25, -0.2) is 19.1 Å². The molecule has 0 aromatic carbocycles. The van der Waals surface area contributed by atoms with E-state index in [2.05, 4.69) is 0 Å². The second kappa shape index (κ2) is 5.15. The molecule has 0 saturated carbocycles. The molecule has 0 aliphatic rings. The van der Waals surface area contributed by atoms with Gasteiger partial charge in [0.05, 0.1) is 13.8 Å². The number of carbonyl (C=O) groups excluding carboxylic acids is 4. The molecule has 0 fully saturated rings. The largest absolute Gasteiger partial charge is 0.616 e. The van der Waals surface area contributed by atoms with Gasteiger partial charge < -0.3 is 5.21 Å². The molecule has 0 rings (SSSR count). The van der Waals surface area contributed by atoms with Crippen LogP contribution in [0.4, 0.5) is 0 Å². The van der Waals surface area contributed by atoms with Crippen molar-refractivity contribution in [3.63, 3.8) is 0 Å². The van der Waals surface area contributed by atoms with E-state index in [1.165, 1.54) is 6.92 Å². The Labute approximate surface area is 99.1 Å². The van der Waals surface area contributed by atoms with Crippen molar-refractivity contribution in [3.05, 3.63) is 5.21 Å². The fourth-order valence-electron chi connectivity index (χ4n) is 1.66. The molecule has 7 nitrogen and oxygen atoms in total. The Hall–Kier alpha value is -1.60. The van der Waals surface area contributed by atoms with Gasteiger partial charge in [-0.15, -0.1) is 0 Å². The Kier molecular flexibility index (Phi) is 4.67. The molecule has 0 heterocycles. The molecule has 0 spiro atoms. The number of hydrogen-bond donors (Lipinski definition) is 0. The Balaban J connectivity index is 5.57. The number of hydroxylamine groups is 3. The van der Waals surface area contributed by atoms with Crippen LogP contribution in [0.1, 0.15) is 34.6 Å².